The van der Waals surface area contributed by atoms with Gasteiger partial charge in [0.05, 0.1) is 25.5 Å². The number of rotatable bonds is 3. The highest BCUT2D eigenvalue weighted by atomic mass is 16.5. The third-order valence-electron chi connectivity index (χ3n) is 3.60. The van der Waals surface area contributed by atoms with Crippen LogP contribution in [0.5, 0.6) is 11.5 Å². The molecule has 3 rings (SSSR count). The fourth-order valence-electron chi connectivity index (χ4n) is 2.57. The number of H-pyrrole nitrogens is 1. The molecule has 0 radical (unpaired) electrons. The Morgan fingerprint density at radius 3 is 2.80 bits per heavy atom. The van der Waals surface area contributed by atoms with Gasteiger partial charge in [-0.25, -0.2) is 4.98 Å². The molecule has 20 heavy (non-hydrogen) atoms. The third-order valence-corrected chi connectivity index (χ3v) is 3.60. The van der Waals surface area contributed by atoms with Gasteiger partial charge in [-0.3, -0.25) is 4.79 Å². The third kappa shape index (κ3) is 2.05. The van der Waals surface area contributed by atoms with E-state index in [1.54, 1.807) is 20.3 Å². The van der Waals surface area contributed by atoms with E-state index in [4.69, 9.17) is 9.47 Å². The van der Waals surface area contributed by atoms with Gasteiger partial charge in [-0.15, -0.1) is 0 Å². The lowest BCUT2D eigenvalue weighted by Gasteiger charge is -2.10. The van der Waals surface area contributed by atoms with Gasteiger partial charge in [0.25, 0.3) is 5.56 Å². The van der Waals surface area contributed by atoms with Gasteiger partial charge in [-0.2, -0.15) is 0 Å². The van der Waals surface area contributed by atoms with Crippen molar-refractivity contribution in [3.63, 3.8) is 0 Å². The van der Waals surface area contributed by atoms with Gasteiger partial charge in [0.2, 0.25) is 0 Å². The summed E-state index contributed by atoms with van der Waals surface area (Å²) >= 11 is 0. The van der Waals surface area contributed by atoms with Crippen LogP contribution in [-0.2, 0) is 12.8 Å². The molecule has 1 aromatic carbocycles. The summed E-state index contributed by atoms with van der Waals surface area (Å²) in [4.78, 5) is 19.5. The summed E-state index contributed by atoms with van der Waals surface area (Å²) in [5.41, 5.74) is 2.40. The molecule has 0 saturated heterocycles. The Kier molecular flexibility index (Phi) is 3.18. The van der Waals surface area contributed by atoms with E-state index >= 15 is 0 Å². The number of hydrogen-bond acceptors (Lipinski definition) is 4. The number of nitrogens with zero attached hydrogens (tertiary/aromatic N) is 1. The minimum absolute atomic E-state index is 0.0487. The zero-order valence-corrected chi connectivity index (χ0v) is 11.5. The van der Waals surface area contributed by atoms with E-state index in [1.165, 1.54) is 0 Å². The maximum atomic E-state index is 12.1. The Morgan fingerprint density at radius 1 is 1.20 bits per heavy atom. The van der Waals surface area contributed by atoms with Crippen molar-refractivity contribution in [2.45, 2.75) is 19.3 Å². The van der Waals surface area contributed by atoms with Gasteiger partial charge in [0.1, 0.15) is 17.3 Å². The van der Waals surface area contributed by atoms with Gasteiger partial charge in [-0.1, -0.05) is 0 Å². The number of benzene rings is 1. The Balaban J connectivity index is 2.18. The van der Waals surface area contributed by atoms with Crippen LogP contribution in [0.3, 0.4) is 0 Å². The molecule has 5 nitrogen and oxygen atoms in total. The molecule has 1 aliphatic rings. The van der Waals surface area contributed by atoms with Crippen LogP contribution in [0, 0.1) is 0 Å². The van der Waals surface area contributed by atoms with Gasteiger partial charge >= 0.3 is 0 Å². The molecule has 1 aromatic heterocycles. The molecule has 0 fully saturated rings. The van der Waals surface area contributed by atoms with E-state index < -0.39 is 0 Å². The van der Waals surface area contributed by atoms with Gasteiger partial charge in [0, 0.05) is 5.56 Å². The Morgan fingerprint density at radius 2 is 2.05 bits per heavy atom. The molecule has 0 spiro atoms. The van der Waals surface area contributed by atoms with Gasteiger partial charge in [0.15, 0.2) is 0 Å². The first-order chi connectivity index (χ1) is 9.72. The molecule has 0 aliphatic heterocycles. The second-order valence-corrected chi connectivity index (χ2v) is 4.76. The molecule has 2 aromatic rings. The summed E-state index contributed by atoms with van der Waals surface area (Å²) < 4.78 is 10.6. The van der Waals surface area contributed by atoms with Crippen molar-refractivity contribution in [3.8, 4) is 22.9 Å². The average molecular weight is 272 g/mol. The summed E-state index contributed by atoms with van der Waals surface area (Å²) in [6.07, 6.45) is 2.66. The average Bonchev–Trinajstić information content (AvgIpc) is 2.95. The highest BCUT2D eigenvalue weighted by molar-refractivity contribution is 5.66. The first-order valence-corrected chi connectivity index (χ1v) is 6.57. The number of ether oxygens (including phenoxy) is 2. The maximum Gasteiger partial charge on any atom is 0.254 e. The molecule has 1 aliphatic carbocycles. The predicted octanol–water partition coefficient (Wildman–Crippen LogP) is 1.94. The van der Waals surface area contributed by atoms with Gasteiger partial charge in [-0.05, 0) is 37.5 Å². The zero-order valence-electron chi connectivity index (χ0n) is 11.5. The second-order valence-electron chi connectivity index (χ2n) is 4.76. The summed E-state index contributed by atoms with van der Waals surface area (Å²) in [6, 6.07) is 5.44. The standard InChI is InChI=1S/C15H16N2O3/c1-19-9-6-7-13(20-2)11(8-9)14-16-12-5-3-4-10(12)15(18)17-14/h6-8H,3-5H2,1-2H3,(H,16,17,18). The van der Waals surface area contributed by atoms with Crippen LogP contribution in [0.4, 0.5) is 0 Å². The molecular formula is C15H16N2O3. The first kappa shape index (κ1) is 12.7. The fourth-order valence-corrected chi connectivity index (χ4v) is 2.57. The van der Waals surface area contributed by atoms with Crippen LogP contribution in [0.25, 0.3) is 11.4 Å². The quantitative estimate of drug-likeness (QED) is 0.927. The van der Waals surface area contributed by atoms with Crippen LogP contribution < -0.4 is 15.0 Å². The monoisotopic (exact) mass is 272 g/mol. The van der Waals surface area contributed by atoms with Crippen LogP contribution in [0.15, 0.2) is 23.0 Å². The van der Waals surface area contributed by atoms with Crippen molar-refractivity contribution in [1.29, 1.82) is 0 Å². The van der Waals surface area contributed by atoms with Crippen LogP contribution in [0.2, 0.25) is 0 Å². The summed E-state index contributed by atoms with van der Waals surface area (Å²) in [7, 11) is 3.20. The van der Waals surface area contributed by atoms with Crippen molar-refractivity contribution in [2.75, 3.05) is 14.2 Å². The van der Waals surface area contributed by atoms with Crippen molar-refractivity contribution in [3.05, 3.63) is 39.8 Å². The van der Waals surface area contributed by atoms with E-state index in [9.17, 15) is 4.79 Å². The van der Waals surface area contributed by atoms with Crippen molar-refractivity contribution in [1.82, 2.24) is 9.97 Å². The van der Waals surface area contributed by atoms with Crippen molar-refractivity contribution in [2.24, 2.45) is 0 Å². The van der Waals surface area contributed by atoms with E-state index in [-0.39, 0.29) is 5.56 Å². The number of aryl methyl sites for hydroxylation is 1. The number of nitrogens with one attached hydrogen (secondary N) is 1. The van der Waals surface area contributed by atoms with E-state index in [0.29, 0.717) is 17.3 Å². The minimum Gasteiger partial charge on any atom is -0.497 e. The number of fused-ring (bicyclic) bond motifs is 1. The number of methoxy groups -OCH3 is 2. The summed E-state index contributed by atoms with van der Waals surface area (Å²) in [5, 5.41) is 0. The molecule has 0 saturated carbocycles. The highest BCUT2D eigenvalue weighted by Gasteiger charge is 2.19. The normalized spacial score (nSPS) is 13.1. The fraction of sp³-hybridized carbons (Fsp3) is 0.333. The van der Waals surface area contributed by atoms with E-state index in [0.717, 1.165) is 36.1 Å². The second kappa shape index (κ2) is 5.00. The van der Waals surface area contributed by atoms with Crippen LogP contribution in [0.1, 0.15) is 17.7 Å². The van der Waals surface area contributed by atoms with Crippen LogP contribution >= 0.6 is 0 Å². The Bertz CT molecular complexity index is 707. The number of aromatic nitrogens is 2. The summed E-state index contributed by atoms with van der Waals surface area (Å²) in [6.45, 7) is 0. The Hall–Kier alpha value is -2.30. The lowest BCUT2D eigenvalue weighted by Crippen LogP contribution is -2.15. The predicted molar refractivity (Wildman–Crippen MR) is 75.4 cm³/mol. The van der Waals surface area contributed by atoms with E-state index in [1.807, 2.05) is 12.1 Å². The highest BCUT2D eigenvalue weighted by Crippen LogP contribution is 2.31. The molecule has 0 unspecified atom stereocenters. The largest absolute Gasteiger partial charge is 0.497 e. The van der Waals surface area contributed by atoms with Crippen LogP contribution in [-0.4, -0.2) is 24.2 Å². The molecule has 5 heteroatoms. The molecule has 0 bridgehead atoms. The van der Waals surface area contributed by atoms with Crippen molar-refractivity contribution < 1.29 is 9.47 Å². The lowest BCUT2D eigenvalue weighted by molar-refractivity contribution is 0.404. The molecule has 0 amide bonds. The summed E-state index contributed by atoms with van der Waals surface area (Å²) in [5.74, 6) is 1.89. The zero-order chi connectivity index (χ0) is 14.1. The molecule has 1 N–H and O–H groups in total. The smallest absolute Gasteiger partial charge is 0.254 e. The maximum absolute atomic E-state index is 12.1. The first-order valence-electron chi connectivity index (χ1n) is 6.57. The molecule has 104 valence electrons. The SMILES string of the molecule is COc1ccc(OC)c(-c2nc3c(c(=O)[nH]2)CCC3)c1. The number of hydrogen-bond donors (Lipinski definition) is 1. The van der Waals surface area contributed by atoms with E-state index in [2.05, 4.69) is 9.97 Å². The Labute approximate surface area is 116 Å². The molecule has 0 atom stereocenters. The molecule has 1 heterocycles. The topological polar surface area (TPSA) is 64.2 Å². The minimum atomic E-state index is -0.0487. The number of aromatic amines is 1. The lowest BCUT2D eigenvalue weighted by atomic mass is 10.1. The van der Waals surface area contributed by atoms with Gasteiger partial charge < -0.3 is 14.5 Å². The van der Waals surface area contributed by atoms with Crippen molar-refractivity contribution >= 4 is 0 Å². The molecular weight excluding hydrogens is 256 g/mol.